The van der Waals surface area contributed by atoms with Gasteiger partial charge in [-0.2, -0.15) is 5.10 Å². The minimum Gasteiger partial charge on any atom is -0.493 e. The highest BCUT2D eigenvalue weighted by Gasteiger charge is 2.14. The molecule has 0 aliphatic carbocycles. The lowest BCUT2D eigenvalue weighted by atomic mass is 10.2. The van der Waals surface area contributed by atoms with Gasteiger partial charge in [-0.15, -0.1) is 0 Å². The van der Waals surface area contributed by atoms with Gasteiger partial charge in [-0.3, -0.25) is 4.79 Å². The fourth-order valence-electron chi connectivity index (χ4n) is 2.03. The molecule has 0 fully saturated rings. The summed E-state index contributed by atoms with van der Waals surface area (Å²) in [6.07, 6.45) is 0.844. The molecule has 6 nitrogen and oxygen atoms in total. The molecule has 0 saturated carbocycles. The van der Waals surface area contributed by atoms with Crippen molar-refractivity contribution in [3.8, 4) is 17.2 Å². The highest BCUT2D eigenvalue weighted by molar-refractivity contribution is 9.10. The van der Waals surface area contributed by atoms with E-state index in [1.165, 1.54) is 6.21 Å². The molecule has 0 bridgehead atoms. The van der Waals surface area contributed by atoms with Crippen LogP contribution in [0.15, 0.2) is 52.0 Å². The number of nitrogens with zero attached hydrogens (tertiary/aromatic N) is 1. The molecule has 2 aromatic carbocycles. The monoisotopic (exact) mass is 406 g/mol. The van der Waals surface area contributed by atoms with Gasteiger partial charge in [-0.05, 0) is 52.7 Å². The average Bonchev–Trinajstić information content (AvgIpc) is 2.61. The standard InChI is InChI=1S/C18H19BrN2O4/c1-12(25-14-7-5-4-6-8-14)18(22)21-20-11-13-9-15(19)17(24-3)16(10-13)23-2/h4-12H,1-3H3,(H,21,22). The third-order valence-electron chi connectivity index (χ3n) is 3.27. The van der Waals surface area contributed by atoms with E-state index in [4.69, 9.17) is 14.2 Å². The van der Waals surface area contributed by atoms with Crippen molar-refractivity contribution in [3.63, 3.8) is 0 Å². The number of amides is 1. The van der Waals surface area contributed by atoms with Gasteiger partial charge in [0.1, 0.15) is 5.75 Å². The van der Waals surface area contributed by atoms with Gasteiger partial charge in [0.25, 0.3) is 5.91 Å². The first kappa shape index (κ1) is 18.8. The number of ether oxygens (including phenoxy) is 3. The molecule has 132 valence electrons. The van der Waals surface area contributed by atoms with Crippen molar-refractivity contribution in [2.24, 2.45) is 5.10 Å². The molecule has 1 atom stereocenters. The van der Waals surface area contributed by atoms with Gasteiger partial charge in [0, 0.05) is 0 Å². The number of rotatable bonds is 7. The molecule has 0 aromatic heterocycles. The molecular formula is C18H19BrN2O4. The zero-order chi connectivity index (χ0) is 18.2. The van der Waals surface area contributed by atoms with Crippen LogP contribution in [0.2, 0.25) is 0 Å². The predicted octanol–water partition coefficient (Wildman–Crippen LogP) is 3.38. The van der Waals surface area contributed by atoms with Gasteiger partial charge < -0.3 is 14.2 Å². The van der Waals surface area contributed by atoms with Crippen molar-refractivity contribution in [3.05, 3.63) is 52.5 Å². The van der Waals surface area contributed by atoms with E-state index in [2.05, 4.69) is 26.5 Å². The van der Waals surface area contributed by atoms with Crippen molar-refractivity contribution in [2.75, 3.05) is 14.2 Å². The van der Waals surface area contributed by atoms with Gasteiger partial charge in [0.15, 0.2) is 17.6 Å². The summed E-state index contributed by atoms with van der Waals surface area (Å²) in [4.78, 5) is 12.0. The maximum atomic E-state index is 12.0. The normalized spacial score (nSPS) is 11.8. The van der Waals surface area contributed by atoms with E-state index in [0.717, 1.165) is 10.0 Å². The summed E-state index contributed by atoms with van der Waals surface area (Å²) < 4.78 is 16.8. The van der Waals surface area contributed by atoms with Crippen LogP contribution >= 0.6 is 15.9 Å². The van der Waals surface area contributed by atoms with Crippen LogP contribution in [0.5, 0.6) is 17.2 Å². The van der Waals surface area contributed by atoms with Crippen LogP contribution in [0, 0.1) is 0 Å². The number of carbonyl (C=O) groups excluding carboxylic acids is 1. The predicted molar refractivity (Wildman–Crippen MR) is 99.5 cm³/mol. The van der Waals surface area contributed by atoms with Crippen molar-refractivity contribution in [2.45, 2.75) is 13.0 Å². The summed E-state index contributed by atoms with van der Waals surface area (Å²) in [5, 5.41) is 3.95. The first-order chi connectivity index (χ1) is 12.0. The van der Waals surface area contributed by atoms with Crippen LogP contribution in [0.1, 0.15) is 12.5 Å². The third-order valence-corrected chi connectivity index (χ3v) is 3.86. The Hall–Kier alpha value is -2.54. The van der Waals surface area contributed by atoms with E-state index in [9.17, 15) is 4.79 Å². The van der Waals surface area contributed by atoms with Crippen molar-refractivity contribution >= 4 is 28.1 Å². The Labute approximate surface area is 154 Å². The number of nitrogens with one attached hydrogen (secondary N) is 1. The molecule has 7 heteroatoms. The lowest BCUT2D eigenvalue weighted by Crippen LogP contribution is -2.33. The van der Waals surface area contributed by atoms with Crippen LogP contribution < -0.4 is 19.6 Å². The zero-order valence-electron chi connectivity index (χ0n) is 14.2. The Balaban J connectivity index is 1.98. The molecule has 2 aromatic rings. The number of benzene rings is 2. The lowest BCUT2D eigenvalue weighted by molar-refractivity contribution is -0.127. The van der Waals surface area contributed by atoms with Crippen LogP contribution in [-0.2, 0) is 4.79 Å². The topological polar surface area (TPSA) is 69.2 Å². The van der Waals surface area contributed by atoms with Gasteiger partial charge in [0.2, 0.25) is 0 Å². The van der Waals surface area contributed by atoms with E-state index in [1.807, 2.05) is 18.2 Å². The van der Waals surface area contributed by atoms with Gasteiger partial charge in [-0.1, -0.05) is 18.2 Å². The second-order valence-electron chi connectivity index (χ2n) is 5.05. The number of hydrogen-bond donors (Lipinski definition) is 1. The Bertz CT molecular complexity index is 750. The van der Waals surface area contributed by atoms with Crippen molar-refractivity contribution < 1.29 is 19.0 Å². The Morgan fingerprint density at radius 3 is 2.56 bits per heavy atom. The minimum absolute atomic E-state index is 0.348. The summed E-state index contributed by atoms with van der Waals surface area (Å²) in [7, 11) is 3.11. The van der Waals surface area contributed by atoms with Gasteiger partial charge >= 0.3 is 0 Å². The number of para-hydroxylation sites is 1. The highest BCUT2D eigenvalue weighted by atomic mass is 79.9. The maximum absolute atomic E-state index is 12.0. The molecule has 0 spiro atoms. The molecule has 0 heterocycles. The Morgan fingerprint density at radius 2 is 1.92 bits per heavy atom. The zero-order valence-corrected chi connectivity index (χ0v) is 15.7. The first-order valence-electron chi connectivity index (χ1n) is 7.51. The fraction of sp³-hybridized carbons (Fsp3) is 0.222. The van der Waals surface area contributed by atoms with Crippen molar-refractivity contribution in [1.29, 1.82) is 0 Å². The number of hydrazone groups is 1. The lowest BCUT2D eigenvalue weighted by Gasteiger charge is -2.12. The highest BCUT2D eigenvalue weighted by Crippen LogP contribution is 2.35. The summed E-state index contributed by atoms with van der Waals surface area (Å²) in [5.74, 6) is 1.43. The van der Waals surface area contributed by atoms with Crippen LogP contribution in [0.25, 0.3) is 0 Å². The maximum Gasteiger partial charge on any atom is 0.280 e. The summed E-state index contributed by atoms with van der Waals surface area (Å²) in [5.41, 5.74) is 3.19. The van der Waals surface area contributed by atoms with Crippen LogP contribution in [0.4, 0.5) is 0 Å². The second-order valence-corrected chi connectivity index (χ2v) is 5.90. The molecule has 0 radical (unpaired) electrons. The molecule has 25 heavy (non-hydrogen) atoms. The average molecular weight is 407 g/mol. The number of methoxy groups -OCH3 is 2. The molecule has 1 amide bonds. The van der Waals surface area contributed by atoms with E-state index in [0.29, 0.717) is 17.2 Å². The molecule has 1 N–H and O–H groups in total. The molecule has 2 rings (SSSR count). The van der Waals surface area contributed by atoms with Crippen LogP contribution in [-0.4, -0.2) is 32.4 Å². The second kappa shape index (κ2) is 9.08. The first-order valence-corrected chi connectivity index (χ1v) is 8.30. The summed E-state index contributed by atoms with van der Waals surface area (Å²) in [6, 6.07) is 12.7. The van der Waals surface area contributed by atoms with E-state index in [1.54, 1.807) is 45.4 Å². The van der Waals surface area contributed by atoms with Gasteiger partial charge in [-0.25, -0.2) is 5.43 Å². The third kappa shape index (κ3) is 5.22. The Morgan fingerprint density at radius 1 is 1.20 bits per heavy atom. The van der Waals surface area contributed by atoms with E-state index >= 15 is 0 Å². The minimum atomic E-state index is -0.670. The quantitative estimate of drug-likeness (QED) is 0.565. The number of hydrogen-bond acceptors (Lipinski definition) is 5. The van der Waals surface area contributed by atoms with E-state index in [-0.39, 0.29) is 5.91 Å². The summed E-state index contributed by atoms with van der Waals surface area (Å²) in [6.45, 7) is 1.66. The smallest absolute Gasteiger partial charge is 0.280 e. The molecule has 1 unspecified atom stereocenters. The Kier molecular flexibility index (Phi) is 6.82. The number of carbonyl (C=O) groups is 1. The summed E-state index contributed by atoms with van der Waals surface area (Å²) >= 11 is 3.41. The van der Waals surface area contributed by atoms with Gasteiger partial charge in [0.05, 0.1) is 24.9 Å². The van der Waals surface area contributed by atoms with Crippen LogP contribution in [0.3, 0.4) is 0 Å². The SMILES string of the molecule is COc1cc(C=NNC(=O)C(C)Oc2ccccc2)cc(Br)c1OC. The molecule has 0 aliphatic rings. The van der Waals surface area contributed by atoms with E-state index < -0.39 is 6.10 Å². The molecule has 0 saturated heterocycles. The number of halogens is 1. The largest absolute Gasteiger partial charge is 0.493 e. The molecular weight excluding hydrogens is 388 g/mol. The fourth-order valence-corrected chi connectivity index (χ4v) is 2.65. The molecule has 0 aliphatic heterocycles. The van der Waals surface area contributed by atoms with Crippen molar-refractivity contribution in [1.82, 2.24) is 5.43 Å².